The molecule has 1 saturated heterocycles. The van der Waals surface area contributed by atoms with E-state index in [0.717, 1.165) is 17.7 Å². The number of benzene rings is 1. The third-order valence-electron chi connectivity index (χ3n) is 5.30. The van der Waals surface area contributed by atoms with E-state index in [1.165, 1.54) is 5.56 Å². The number of rotatable bonds is 8. The van der Waals surface area contributed by atoms with E-state index in [0.29, 0.717) is 39.3 Å². The van der Waals surface area contributed by atoms with E-state index < -0.39 is 0 Å². The Morgan fingerprint density at radius 3 is 2.60 bits per heavy atom. The molecule has 0 saturated carbocycles. The maximum absolute atomic E-state index is 13.0. The van der Waals surface area contributed by atoms with Gasteiger partial charge in [-0.1, -0.05) is 30.3 Å². The number of aromatic amines is 1. The molecule has 0 aliphatic carbocycles. The van der Waals surface area contributed by atoms with Crippen LogP contribution in [0, 0.1) is 0 Å². The number of nitrogens with one attached hydrogen (secondary N) is 1. The summed E-state index contributed by atoms with van der Waals surface area (Å²) < 4.78 is 6.24. The molecule has 3 aromatic rings. The zero-order chi connectivity index (χ0) is 20.6. The van der Waals surface area contributed by atoms with E-state index in [2.05, 4.69) is 32.2 Å². The van der Waals surface area contributed by atoms with Gasteiger partial charge in [-0.2, -0.15) is 5.10 Å². The highest BCUT2D eigenvalue weighted by atomic mass is 16.5. The molecule has 1 atom stereocenters. The van der Waals surface area contributed by atoms with Crippen molar-refractivity contribution in [2.75, 3.05) is 26.2 Å². The normalized spacial score (nSPS) is 17.8. The lowest BCUT2D eigenvalue weighted by atomic mass is 10.1. The Balaban J connectivity index is 1.43. The minimum Gasteiger partial charge on any atom is -0.370 e. The number of ether oxygens (including phenoxy) is 1. The summed E-state index contributed by atoms with van der Waals surface area (Å²) in [5.74, 6) is 0.139. The molecule has 1 aromatic carbocycles. The Labute approximate surface area is 176 Å². The van der Waals surface area contributed by atoms with Gasteiger partial charge in [0.15, 0.2) is 0 Å². The Kier molecular flexibility index (Phi) is 6.84. The summed E-state index contributed by atoms with van der Waals surface area (Å²) in [6.07, 6.45) is 6.05. The largest absolute Gasteiger partial charge is 0.370 e. The Morgan fingerprint density at radius 1 is 1.00 bits per heavy atom. The van der Waals surface area contributed by atoms with Crippen LogP contribution < -0.4 is 0 Å². The van der Waals surface area contributed by atoms with Crippen molar-refractivity contribution < 1.29 is 9.53 Å². The first-order chi connectivity index (χ1) is 14.8. The summed E-state index contributed by atoms with van der Waals surface area (Å²) in [5, 5.41) is 7.00. The van der Waals surface area contributed by atoms with E-state index in [1.54, 1.807) is 18.6 Å². The monoisotopic (exact) mass is 405 g/mol. The number of pyridine rings is 1. The number of hydrogen-bond donors (Lipinski definition) is 1. The third-order valence-corrected chi connectivity index (χ3v) is 5.30. The summed E-state index contributed by atoms with van der Waals surface area (Å²) in [6.45, 7) is 3.51. The van der Waals surface area contributed by atoms with E-state index >= 15 is 0 Å². The molecule has 1 amide bonds. The second kappa shape index (κ2) is 10.1. The summed E-state index contributed by atoms with van der Waals surface area (Å²) in [6, 6.07) is 16.1. The van der Waals surface area contributed by atoms with Gasteiger partial charge in [-0.05, 0) is 35.7 Å². The van der Waals surface area contributed by atoms with E-state index in [9.17, 15) is 4.79 Å². The fraction of sp³-hybridized carbons (Fsp3) is 0.348. The van der Waals surface area contributed by atoms with Crippen molar-refractivity contribution in [2.24, 2.45) is 0 Å². The van der Waals surface area contributed by atoms with Crippen molar-refractivity contribution in [1.82, 2.24) is 25.0 Å². The lowest BCUT2D eigenvalue weighted by Crippen LogP contribution is -2.39. The molecule has 156 valence electrons. The maximum Gasteiger partial charge on any atom is 0.236 e. The summed E-state index contributed by atoms with van der Waals surface area (Å²) >= 11 is 0. The lowest BCUT2D eigenvalue weighted by Gasteiger charge is -2.25. The molecule has 2 aromatic heterocycles. The lowest BCUT2D eigenvalue weighted by molar-refractivity contribution is -0.131. The number of hydrogen-bond acceptors (Lipinski definition) is 5. The van der Waals surface area contributed by atoms with E-state index in [4.69, 9.17) is 4.74 Å². The molecule has 0 bridgehead atoms. The molecule has 1 N–H and O–H groups in total. The van der Waals surface area contributed by atoms with Crippen LogP contribution in [0.1, 0.15) is 16.8 Å². The van der Waals surface area contributed by atoms with Crippen LogP contribution in [0.5, 0.6) is 0 Å². The maximum atomic E-state index is 13.0. The number of aromatic nitrogens is 3. The second-order valence-electron chi connectivity index (χ2n) is 7.62. The first-order valence-electron chi connectivity index (χ1n) is 10.3. The predicted octanol–water partition coefficient (Wildman–Crippen LogP) is 2.28. The van der Waals surface area contributed by atoms with Gasteiger partial charge in [0, 0.05) is 50.5 Å². The van der Waals surface area contributed by atoms with Crippen LogP contribution in [0.15, 0.2) is 67.1 Å². The highest BCUT2D eigenvalue weighted by Gasteiger charge is 2.28. The van der Waals surface area contributed by atoms with Gasteiger partial charge >= 0.3 is 0 Å². The van der Waals surface area contributed by atoms with Crippen LogP contribution in [-0.4, -0.2) is 63.2 Å². The SMILES string of the molecule is O=C1CN(Cc2ccn[nH]2)C[C@@H](OCc2ccncc2)CN1CCc1ccccc1. The second-order valence-corrected chi connectivity index (χ2v) is 7.62. The van der Waals surface area contributed by atoms with Crippen molar-refractivity contribution in [2.45, 2.75) is 25.7 Å². The first kappa shape index (κ1) is 20.3. The van der Waals surface area contributed by atoms with Gasteiger partial charge in [-0.3, -0.25) is 19.8 Å². The Hall–Kier alpha value is -3.03. The van der Waals surface area contributed by atoms with Crippen LogP contribution in [0.25, 0.3) is 0 Å². The number of carbonyl (C=O) groups is 1. The first-order valence-corrected chi connectivity index (χ1v) is 10.3. The van der Waals surface area contributed by atoms with Gasteiger partial charge < -0.3 is 9.64 Å². The molecule has 0 spiro atoms. The Morgan fingerprint density at radius 2 is 1.83 bits per heavy atom. The highest BCUT2D eigenvalue weighted by Crippen LogP contribution is 2.14. The van der Waals surface area contributed by atoms with Gasteiger partial charge in [0.05, 0.1) is 19.3 Å². The zero-order valence-corrected chi connectivity index (χ0v) is 17.0. The number of amides is 1. The molecule has 3 heterocycles. The fourth-order valence-electron chi connectivity index (χ4n) is 3.71. The quantitative estimate of drug-likeness (QED) is 0.622. The molecule has 1 aliphatic heterocycles. The van der Waals surface area contributed by atoms with Crippen LogP contribution in [0.3, 0.4) is 0 Å². The highest BCUT2D eigenvalue weighted by molar-refractivity contribution is 5.78. The summed E-state index contributed by atoms with van der Waals surface area (Å²) in [7, 11) is 0. The Bertz CT molecular complexity index is 902. The summed E-state index contributed by atoms with van der Waals surface area (Å²) in [4.78, 5) is 21.1. The van der Waals surface area contributed by atoms with Gasteiger partial charge in [-0.25, -0.2) is 0 Å². The standard InChI is InChI=1S/C23H27N5O2/c29-23-17-27(14-21-8-12-25-26-21)15-22(30-18-20-6-10-24-11-7-20)16-28(23)13-9-19-4-2-1-3-5-19/h1-8,10-12,22H,9,13-18H2,(H,25,26)/t22-/m1/s1. The minimum atomic E-state index is -0.0664. The molecule has 0 unspecified atom stereocenters. The van der Waals surface area contributed by atoms with Crippen molar-refractivity contribution in [3.63, 3.8) is 0 Å². The van der Waals surface area contributed by atoms with Crippen LogP contribution in [0.4, 0.5) is 0 Å². The van der Waals surface area contributed by atoms with Crippen molar-refractivity contribution in [3.05, 3.63) is 83.9 Å². The average Bonchev–Trinajstić information content (AvgIpc) is 3.23. The minimum absolute atomic E-state index is 0.0664. The van der Waals surface area contributed by atoms with E-state index in [-0.39, 0.29) is 12.0 Å². The van der Waals surface area contributed by atoms with Gasteiger partial charge in [0.2, 0.25) is 5.91 Å². The molecule has 7 heteroatoms. The topological polar surface area (TPSA) is 74.3 Å². The number of carbonyl (C=O) groups excluding carboxylic acids is 1. The van der Waals surface area contributed by atoms with Crippen LogP contribution in [0.2, 0.25) is 0 Å². The number of nitrogens with zero attached hydrogens (tertiary/aromatic N) is 4. The van der Waals surface area contributed by atoms with Gasteiger partial charge in [0.25, 0.3) is 0 Å². The molecule has 4 rings (SSSR count). The number of H-pyrrole nitrogens is 1. The molecule has 1 fully saturated rings. The van der Waals surface area contributed by atoms with Crippen molar-refractivity contribution >= 4 is 5.91 Å². The van der Waals surface area contributed by atoms with Crippen molar-refractivity contribution in [3.8, 4) is 0 Å². The van der Waals surface area contributed by atoms with E-state index in [1.807, 2.05) is 41.3 Å². The summed E-state index contributed by atoms with van der Waals surface area (Å²) in [5.41, 5.74) is 3.31. The molecule has 1 aliphatic rings. The molecule has 0 radical (unpaired) electrons. The van der Waals surface area contributed by atoms with Gasteiger partial charge in [0.1, 0.15) is 0 Å². The fourth-order valence-corrected chi connectivity index (χ4v) is 3.71. The van der Waals surface area contributed by atoms with Gasteiger partial charge in [-0.15, -0.1) is 0 Å². The van der Waals surface area contributed by atoms with Crippen LogP contribution >= 0.6 is 0 Å². The van der Waals surface area contributed by atoms with Crippen molar-refractivity contribution in [1.29, 1.82) is 0 Å². The third kappa shape index (κ3) is 5.75. The smallest absolute Gasteiger partial charge is 0.236 e. The predicted molar refractivity (Wildman–Crippen MR) is 113 cm³/mol. The molecular weight excluding hydrogens is 378 g/mol. The van der Waals surface area contributed by atoms with Crippen LogP contribution in [-0.2, 0) is 29.1 Å². The molecular formula is C23H27N5O2. The average molecular weight is 406 g/mol. The molecule has 7 nitrogen and oxygen atoms in total. The zero-order valence-electron chi connectivity index (χ0n) is 17.0. The molecule has 30 heavy (non-hydrogen) atoms.